The summed E-state index contributed by atoms with van der Waals surface area (Å²) in [5.74, 6) is 5.43. The molecule has 34 heavy (non-hydrogen) atoms. The molecule has 3 rings (SSSR count). The first-order chi connectivity index (χ1) is 16.0. The molecule has 1 aromatic heterocycles. The van der Waals surface area contributed by atoms with E-state index in [2.05, 4.69) is 11.8 Å². The fraction of sp³-hybridized carbons (Fsp3) is 0.500. The summed E-state index contributed by atoms with van der Waals surface area (Å²) >= 11 is 1.11. The molecule has 0 spiro atoms. The van der Waals surface area contributed by atoms with Gasteiger partial charge in [-0.3, -0.25) is 9.24 Å². The lowest BCUT2D eigenvalue weighted by atomic mass is 9.98. The van der Waals surface area contributed by atoms with E-state index in [0.717, 1.165) is 29.7 Å². The third-order valence-corrected chi connectivity index (χ3v) is 9.10. The Labute approximate surface area is 206 Å². The summed E-state index contributed by atoms with van der Waals surface area (Å²) in [5, 5.41) is 10.6. The second-order valence-corrected chi connectivity index (χ2v) is 12.9. The minimum Gasteiger partial charge on any atom is -0.477 e. The van der Waals surface area contributed by atoms with E-state index < -0.39 is 13.5 Å². The highest BCUT2D eigenvalue weighted by Gasteiger charge is 2.39. The molecule has 6 nitrogen and oxygen atoms in total. The third kappa shape index (κ3) is 6.52. The van der Waals surface area contributed by atoms with Crippen LogP contribution in [0.1, 0.15) is 60.6 Å². The van der Waals surface area contributed by atoms with Crippen molar-refractivity contribution < 1.29 is 23.7 Å². The van der Waals surface area contributed by atoms with Crippen molar-refractivity contribution in [3.63, 3.8) is 0 Å². The Kier molecular flexibility index (Phi) is 8.65. The number of carboxylic acids is 1. The fourth-order valence-electron chi connectivity index (χ4n) is 3.75. The van der Waals surface area contributed by atoms with Crippen LogP contribution in [0.15, 0.2) is 30.3 Å². The molecule has 1 aliphatic rings. The minimum absolute atomic E-state index is 0.123. The maximum atomic E-state index is 14.6. The van der Waals surface area contributed by atoms with Crippen LogP contribution in [0.25, 0.3) is 0 Å². The van der Waals surface area contributed by atoms with Crippen molar-refractivity contribution in [3.8, 4) is 11.8 Å². The molecule has 1 atom stereocenters. The van der Waals surface area contributed by atoms with Crippen molar-refractivity contribution in [1.29, 1.82) is 0 Å². The summed E-state index contributed by atoms with van der Waals surface area (Å²) in [6.07, 6.45) is 1.64. The average molecular weight is 504 g/mol. The van der Waals surface area contributed by atoms with Crippen molar-refractivity contribution in [2.45, 2.75) is 47.5 Å². The van der Waals surface area contributed by atoms with Gasteiger partial charge in [-0.15, -0.1) is 11.3 Å². The van der Waals surface area contributed by atoms with Gasteiger partial charge < -0.3 is 14.4 Å². The number of carboxylic acid groups (broad SMARTS) is 1. The van der Waals surface area contributed by atoms with Gasteiger partial charge in [-0.1, -0.05) is 29.5 Å². The second kappa shape index (κ2) is 11.1. The number of carbonyl (C=O) groups is 1. The first-order valence-electron chi connectivity index (χ1n) is 11.6. The summed E-state index contributed by atoms with van der Waals surface area (Å²) in [5.41, 5.74) is 1.22. The largest absolute Gasteiger partial charge is 0.477 e. The molecule has 1 saturated heterocycles. The molecule has 2 aromatic rings. The predicted octanol–water partition coefficient (Wildman–Crippen LogP) is 5.94. The van der Waals surface area contributed by atoms with E-state index >= 15 is 0 Å². The Morgan fingerprint density at radius 3 is 2.47 bits per heavy atom. The highest BCUT2D eigenvalue weighted by molar-refractivity contribution is 7.68. The number of hydrogen-bond donors (Lipinski definition) is 1. The van der Waals surface area contributed by atoms with E-state index in [0.29, 0.717) is 35.6 Å². The first-order valence-corrected chi connectivity index (χ1v) is 14.0. The number of thiophene rings is 1. The van der Waals surface area contributed by atoms with Crippen molar-refractivity contribution in [2.75, 3.05) is 31.0 Å². The van der Waals surface area contributed by atoms with E-state index in [4.69, 9.17) is 9.26 Å². The molecule has 0 aliphatic carbocycles. The van der Waals surface area contributed by atoms with Gasteiger partial charge in [0.1, 0.15) is 4.88 Å². The van der Waals surface area contributed by atoms with Crippen LogP contribution in [0, 0.1) is 30.1 Å². The van der Waals surface area contributed by atoms with Crippen molar-refractivity contribution in [1.82, 2.24) is 0 Å². The molecule has 1 aliphatic heterocycles. The van der Waals surface area contributed by atoms with Crippen LogP contribution in [0.4, 0.5) is 5.69 Å². The lowest BCUT2D eigenvalue weighted by Crippen LogP contribution is -2.34. The Balaban J connectivity index is 2.17. The Bertz CT molecular complexity index is 1100. The van der Waals surface area contributed by atoms with E-state index in [1.54, 1.807) is 17.7 Å². The van der Waals surface area contributed by atoms with Crippen LogP contribution in [0.2, 0.25) is 0 Å². The zero-order valence-corrected chi connectivity index (χ0v) is 22.3. The van der Waals surface area contributed by atoms with Gasteiger partial charge in [-0.2, -0.15) is 0 Å². The van der Waals surface area contributed by atoms with E-state index in [1.807, 2.05) is 52.0 Å². The molecule has 0 amide bonds. The van der Waals surface area contributed by atoms with Gasteiger partial charge in [0.2, 0.25) is 0 Å². The molecule has 1 N–H and O–H groups in total. The van der Waals surface area contributed by atoms with Gasteiger partial charge in [-0.05, 0) is 71.6 Å². The normalized spacial score (nSPS) is 16.4. The summed E-state index contributed by atoms with van der Waals surface area (Å²) in [6.45, 7) is 11.7. The number of ether oxygens (including phenoxy) is 1. The van der Waals surface area contributed by atoms with Gasteiger partial charge in [-0.25, -0.2) is 4.79 Å². The van der Waals surface area contributed by atoms with Crippen molar-refractivity contribution in [2.24, 2.45) is 11.3 Å². The van der Waals surface area contributed by atoms with Crippen LogP contribution in [0.5, 0.6) is 0 Å². The molecule has 8 heteroatoms. The maximum Gasteiger partial charge on any atom is 0.348 e. The quantitative estimate of drug-likeness (QED) is 0.355. The number of aryl methyl sites for hydroxylation is 1. The summed E-state index contributed by atoms with van der Waals surface area (Å²) in [7, 11) is -3.61. The van der Waals surface area contributed by atoms with E-state index in [9.17, 15) is 14.5 Å². The highest BCUT2D eigenvalue weighted by Crippen LogP contribution is 2.54. The number of aromatic carboxylic acids is 1. The van der Waals surface area contributed by atoms with Gasteiger partial charge in [0.25, 0.3) is 0 Å². The number of anilines is 1. The van der Waals surface area contributed by atoms with Gasteiger partial charge in [0, 0.05) is 25.2 Å². The molecule has 1 aromatic carbocycles. The van der Waals surface area contributed by atoms with Gasteiger partial charge in [0.15, 0.2) is 0 Å². The molecule has 2 heterocycles. The van der Waals surface area contributed by atoms with Crippen molar-refractivity contribution >= 4 is 35.8 Å². The number of hydrogen-bond acceptors (Lipinski definition) is 5. The third-order valence-electron chi connectivity index (χ3n) is 5.50. The topological polar surface area (TPSA) is 76.1 Å². The van der Waals surface area contributed by atoms with Crippen LogP contribution < -0.4 is 9.97 Å². The molecule has 0 radical (unpaired) electrons. The van der Waals surface area contributed by atoms with Crippen molar-refractivity contribution in [3.05, 3.63) is 45.6 Å². The van der Waals surface area contributed by atoms with E-state index in [1.165, 1.54) is 0 Å². The minimum atomic E-state index is -3.61. The molecule has 1 fully saturated rings. The molecular weight excluding hydrogens is 469 g/mol. The molecule has 184 valence electrons. The number of nitrogens with zero attached hydrogens (tertiary/aromatic N) is 1. The number of rotatable bonds is 8. The SMILES string of the molecule is CCOP(=O)(c1ccc(C)cc1)N(CC1CCOCC1)c1cc(C#CC(C)(C)C)sc1C(=O)O. The summed E-state index contributed by atoms with van der Waals surface area (Å²) in [6, 6.07) is 9.19. The molecule has 0 saturated carbocycles. The smallest absolute Gasteiger partial charge is 0.348 e. The Morgan fingerprint density at radius 1 is 1.26 bits per heavy atom. The maximum absolute atomic E-state index is 14.6. The van der Waals surface area contributed by atoms with Crippen LogP contribution in [-0.4, -0.2) is 37.4 Å². The Hall–Kier alpha value is -2.10. The van der Waals surface area contributed by atoms with Crippen LogP contribution in [0.3, 0.4) is 0 Å². The standard InChI is InChI=1S/C26H34NO5PS/c1-6-32-33(30,21-9-7-19(2)8-10-21)27(18-20-12-15-31-16-13-20)23-17-22(11-14-26(3,4)5)34-24(23)25(28)29/h7-10,17,20H,6,12-13,15-16,18H2,1-5H3,(H,28,29). The Morgan fingerprint density at radius 2 is 1.91 bits per heavy atom. The summed E-state index contributed by atoms with van der Waals surface area (Å²) < 4.78 is 27.9. The predicted molar refractivity (Wildman–Crippen MR) is 139 cm³/mol. The second-order valence-electron chi connectivity index (χ2n) is 9.54. The lowest BCUT2D eigenvalue weighted by Gasteiger charge is -2.36. The molecule has 0 bridgehead atoms. The molecular formula is C26H34NO5PS. The zero-order chi connectivity index (χ0) is 24.9. The highest BCUT2D eigenvalue weighted by atomic mass is 32.1. The van der Waals surface area contributed by atoms with Crippen LogP contribution in [-0.2, 0) is 13.8 Å². The molecule has 1 unspecified atom stereocenters. The zero-order valence-electron chi connectivity index (χ0n) is 20.6. The lowest BCUT2D eigenvalue weighted by molar-refractivity contribution is 0.0683. The summed E-state index contributed by atoms with van der Waals surface area (Å²) in [4.78, 5) is 13.0. The monoisotopic (exact) mass is 503 g/mol. The van der Waals surface area contributed by atoms with Gasteiger partial charge >= 0.3 is 13.5 Å². The fourth-order valence-corrected chi connectivity index (χ4v) is 7.00. The number of benzene rings is 1. The first kappa shape index (κ1) is 26.5. The average Bonchev–Trinajstić information content (AvgIpc) is 3.21. The van der Waals surface area contributed by atoms with Gasteiger partial charge in [0.05, 0.1) is 22.5 Å². The van der Waals surface area contributed by atoms with E-state index in [-0.39, 0.29) is 22.8 Å². The van der Waals surface area contributed by atoms with Crippen LogP contribution >= 0.6 is 18.9 Å².